The van der Waals surface area contributed by atoms with Gasteiger partial charge in [0.25, 0.3) is 15.9 Å². The van der Waals surface area contributed by atoms with Gasteiger partial charge in [0.05, 0.1) is 15.5 Å². The number of halogens is 3. The first-order valence-corrected chi connectivity index (χ1v) is 13.0. The smallest absolute Gasteiger partial charge is 0.261 e. The van der Waals surface area contributed by atoms with Crippen LogP contribution in [0.4, 0.5) is 10.1 Å². The minimum atomic E-state index is -3.99. The maximum Gasteiger partial charge on any atom is 0.261 e. The summed E-state index contributed by atoms with van der Waals surface area (Å²) in [5.41, 5.74) is 1.48. The molecule has 0 atom stereocenters. The van der Waals surface area contributed by atoms with Gasteiger partial charge in [-0.3, -0.25) is 14.4 Å². The van der Waals surface area contributed by atoms with Crippen molar-refractivity contribution in [2.75, 3.05) is 37.4 Å². The van der Waals surface area contributed by atoms with Crippen molar-refractivity contribution in [3.05, 3.63) is 101 Å². The molecular formula is C26H26Cl2FN3O3S. The van der Waals surface area contributed by atoms with E-state index in [-0.39, 0.29) is 39.5 Å². The van der Waals surface area contributed by atoms with Crippen molar-refractivity contribution in [3.63, 3.8) is 0 Å². The molecule has 0 aliphatic carbocycles. The number of benzene rings is 3. The zero-order chi connectivity index (χ0) is 24.8. The Bertz CT molecular complexity index is 1310. The highest BCUT2D eigenvalue weighted by molar-refractivity contribution is 7.92. The van der Waals surface area contributed by atoms with E-state index in [9.17, 15) is 17.6 Å². The van der Waals surface area contributed by atoms with E-state index < -0.39 is 15.8 Å². The van der Waals surface area contributed by atoms with Crippen LogP contribution in [0.25, 0.3) is 6.08 Å². The van der Waals surface area contributed by atoms with Gasteiger partial charge in [0.2, 0.25) is 0 Å². The zero-order valence-electron chi connectivity index (χ0n) is 19.3. The quantitative estimate of drug-likeness (QED) is 0.441. The highest BCUT2D eigenvalue weighted by Crippen LogP contribution is 2.24. The highest BCUT2D eigenvalue weighted by atomic mass is 35.5. The molecule has 1 amide bonds. The van der Waals surface area contributed by atoms with Gasteiger partial charge in [-0.2, -0.15) is 0 Å². The molecule has 3 aromatic carbocycles. The van der Waals surface area contributed by atoms with Crippen molar-refractivity contribution in [1.82, 2.24) is 9.80 Å². The molecule has 1 saturated heterocycles. The van der Waals surface area contributed by atoms with Crippen LogP contribution < -0.4 is 4.72 Å². The van der Waals surface area contributed by atoms with Gasteiger partial charge in [-0.15, -0.1) is 12.4 Å². The summed E-state index contributed by atoms with van der Waals surface area (Å²) in [7, 11) is -3.99. The number of hydrogen-bond acceptors (Lipinski definition) is 4. The fraction of sp³-hybridized carbons (Fsp3) is 0.192. The summed E-state index contributed by atoms with van der Waals surface area (Å²) in [5, 5.41) is 0.184. The Morgan fingerprint density at radius 1 is 0.972 bits per heavy atom. The molecule has 6 nitrogen and oxygen atoms in total. The maximum absolute atomic E-state index is 13.2. The van der Waals surface area contributed by atoms with Crippen LogP contribution in [0.15, 0.2) is 83.8 Å². The number of piperazine rings is 1. The van der Waals surface area contributed by atoms with Crippen LogP contribution in [0.3, 0.4) is 0 Å². The number of hydrogen-bond donors (Lipinski definition) is 1. The Balaban J connectivity index is 0.00000361. The molecule has 1 fully saturated rings. The van der Waals surface area contributed by atoms with E-state index in [4.69, 9.17) is 11.6 Å². The monoisotopic (exact) mass is 549 g/mol. The summed E-state index contributed by atoms with van der Waals surface area (Å²) in [5.74, 6) is -0.784. The SMILES string of the molecule is Cl.O=C(c1cc(S(=O)(=O)Nc2ccc(F)cc2)ccc1Cl)N1CCN(CC=Cc2ccccc2)CC1. The molecule has 0 radical (unpaired) electrons. The Labute approximate surface area is 221 Å². The van der Waals surface area contributed by atoms with Gasteiger partial charge in [0.1, 0.15) is 5.82 Å². The molecule has 1 aliphatic rings. The van der Waals surface area contributed by atoms with Crippen LogP contribution in [-0.2, 0) is 10.0 Å². The van der Waals surface area contributed by atoms with Crippen LogP contribution in [0.5, 0.6) is 0 Å². The molecule has 0 unspecified atom stereocenters. The van der Waals surface area contributed by atoms with Crippen molar-refractivity contribution < 1.29 is 17.6 Å². The van der Waals surface area contributed by atoms with Crippen molar-refractivity contribution in [2.45, 2.75) is 4.90 Å². The van der Waals surface area contributed by atoms with Crippen molar-refractivity contribution in [3.8, 4) is 0 Å². The van der Waals surface area contributed by atoms with Crippen LogP contribution in [-0.4, -0.2) is 56.8 Å². The Hall–Kier alpha value is -2.91. The second-order valence-electron chi connectivity index (χ2n) is 8.16. The van der Waals surface area contributed by atoms with E-state index in [0.29, 0.717) is 26.2 Å². The standard InChI is InChI=1S/C26H25ClFN3O3S.ClH/c27-25-13-12-23(35(33,34)29-22-10-8-21(28)9-11-22)19-24(25)26(32)31-17-15-30(16-18-31)14-4-7-20-5-2-1-3-6-20;/h1-13,19,29H,14-18H2;1H. The number of carbonyl (C=O) groups excluding carboxylic acids is 1. The molecule has 0 saturated carbocycles. The third-order valence-electron chi connectivity index (χ3n) is 5.71. The molecule has 1 heterocycles. The van der Waals surface area contributed by atoms with E-state index in [0.717, 1.165) is 24.2 Å². The van der Waals surface area contributed by atoms with Crippen molar-refractivity contribution in [2.24, 2.45) is 0 Å². The second kappa shape index (κ2) is 12.4. The summed E-state index contributed by atoms with van der Waals surface area (Å²) in [6.07, 6.45) is 4.18. The van der Waals surface area contributed by atoms with E-state index in [1.54, 1.807) is 4.90 Å². The number of anilines is 1. The van der Waals surface area contributed by atoms with Crippen LogP contribution in [0.1, 0.15) is 15.9 Å². The van der Waals surface area contributed by atoms with E-state index in [1.165, 1.54) is 30.3 Å². The van der Waals surface area contributed by atoms with Gasteiger partial charge < -0.3 is 4.90 Å². The Morgan fingerprint density at radius 2 is 1.64 bits per heavy atom. The molecule has 0 spiro atoms. The summed E-state index contributed by atoms with van der Waals surface area (Å²) in [6, 6.07) is 19.0. The molecule has 36 heavy (non-hydrogen) atoms. The molecule has 0 aromatic heterocycles. The summed E-state index contributed by atoms with van der Waals surface area (Å²) < 4.78 is 41.1. The van der Waals surface area contributed by atoms with E-state index in [1.807, 2.05) is 30.3 Å². The Morgan fingerprint density at radius 3 is 2.31 bits per heavy atom. The summed E-state index contributed by atoms with van der Waals surface area (Å²) >= 11 is 6.27. The number of nitrogens with zero attached hydrogens (tertiary/aromatic N) is 2. The second-order valence-corrected chi connectivity index (χ2v) is 10.2. The number of rotatable bonds is 7. The number of nitrogens with one attached hydrogen (secondary N) is 1. The fourth-order valence-corrected chi connectivity index (χ4v) is 5.06. The average molecular weight is 550 g/mol. The van der Waals surface area contributed by atoms with Crippen LogP contribution in [0, 0.1) is 5.82 Å². The molecule has 4 rings (SSSR count). The van der Waals surface area contributed by atoms with Gasteiger partial charge in [0.15, 0.2) is 0 Å². The van der Waals surface area contributed by atoms with E-state index in [2.05, 4.69) is 21.8 Å². The predicted molar refractivity (Wildman–Crippen MR) is 144 cm³/mol. The van der Waals surface area contributed by atoms with Crippen molar-refractivity contribution in [1.29, 1.82) is 0 Å². The minimum absolute atomic E-state index is 0. The highest BCUT2D eigenvalue weighted by Gasteiger charge is 2.25. The van der Waals surface area contributed by atoms with Crippen molar-refractivity contribution >= 4 is 51.7 Å². The fourth-order valence-electron chi connectivity index (χ4n) is 3.77. The molecule has 190 valence electrons. The van der Waals surface area contributed by atoms with Gasteiger partial charge in [0, 0.05) is 38.4 Å². The molecule has 1 N–H and O–H groups in total. The van der Waals surface area contributed by atoms with E-state index >= 15 is 0 Å². The lowest BCUT2D eigenvalue weighted by atomic mass is 10.1. The normalized spacial score (nSPS) is 14.4. The maximum atomic E-state index is 13.2. The lowest BCUT2D eigenvalue weighted by Crippen LogP contribution is -2.48. The largest absolute Gasteiger partial charge is 0.336 e. The first-order chi connectivity index (χ1) is 16.8. The third-order valence-corrected chi connectivity index (χ3v) is 7.42. The Kier molecular flexibility index (Phi) is 9.50. The van der Waals surface area contributed by atoms with Crippen LogP contribution >= 0.6 is 24.0 Å². The average Bonchev–Trinajstić information content (AvgIpc) is 2.86. The summed E-state index contributed by atoms with van der Waals surface area (Å²) in [6.45, 7) is 3.21. The van der Waals surface area contributed by atoms with Gasteiger partial charge in [-0.05, 0) is 48.0 Å². The molecule has 10 heteroatoms. The molecular weight excluding hydrogens is 524 g/mol. The zero-order valence-corrected chi connectivity index (χ0v) is 21.7. The van der Waals surface area contributed by atoms with Gasteiger partial charge in [-0.1, -0.05) is 54.1 Å². The third kappa shape index (κ3) is 7.07. The lowest BCUT2D eigenvalue weighted by molar-refractivity contribution is 0.0650. The molecule has 3 aromatic rings. The lowest BCUT2D eigenvalue weighted by Gasteiger charge is -2.34. The summed E-state index contributed by atoms with van der Waals surface area (Å²) in [4.78, 5) is 17.0. The minimum Gasteiger partial charge on any atom is -0.336 e. The van der Waals surface area contributed by atoms with Gasteiger partial charge >= 0.3 is 0 Å². The van der Waals surface area contributed by atoms with Crippen LogP contribution in [0.2, 0.25) is 5.02 Å². The first kappa shape index (κ1) is 27.7. The van der Waals surface area contributed by atoms with Gasteiger partial charge in [-0.25, -0.2) is 12.8 Å². The topological polar surface area (TPSA) is 69.7 Å². The molecule has 0 bridgehead atoms. The predicted octanol–water partition coefficient (Wildman–Crippen LogP) is 5.17. The number of amides is 1. The molecule has 1 aliphatic heterocycles. The number of carbonyl (C=O) groups is 1. The first-order valence-electron chi connectivity index (χ1n) is 11.1. The number of sulfonamides is 1.